The van der Waals surface area contributed by atoms with Crippen molar-refractivity contribution in [3.05, 3.63) is 0 Å². The van der Waals surface area contributed by atoms with E-state index >= 15 is 0 Å². The number of hydrogen-bond donors (Lipinski definition) is 2. The predicted molar refractivity (Wildman–Crippen MR) is 74.2 cm³/mol. The van der Waals surface area contributed by atoms with Crippen molar-refractivity contribution < 1.29 is 8.42 Å². The molecule has 1 saturated carbocycles. The molecule has 0 aliphatic heterocycles. The lowest BCUT2D eigenvalue weighted by atomic mass is 9.96. The van der Waals surface area contributed by atoms with Crippen LogP contribution in [0.2, 0.25) is 0 Å². The zero-order valence-corrected chi connectivity index (χ0v) is 12.4. The lowest BCUT2D eigenvalue weighted by Crippen LogP contribution is -2.39. The van der Waals surface area contributed by atoms with Gasteiger partial charge in [-0.25, -0.2) is 13.1 Å². The fourth-order valence-electron chi connectivity index (χ4n) is 2.06. The molecule has 2 unspecified atom stereocenters. The fraction of sp³-hybridized carbons (Fsp3) is 0.778. The standard InChI is InChI=1S/C9H16N4O2S3/c1-16-7-4-2-3-6(5-7)13-18(14,15)9-12-11-8(10)17-9/h6-7,13H,2-5H2,1H3,(H2,10,11). The van der Waals surface area contributed by atoms with Crippen LogP contribution in [-0.4, -0.2) is 36.2 Å². The molecule has 1 aliphatic carbocycles. The molecule has 0 radical (unpaired) electrons. The Hall–Kier alpha value is -0.380. The molecule has 0 saturated heterocycles. The zero-order chi connectivity index (χ0) is 13.2. The van der Waals surface area contributed by atoms with Crippen LogP contribution >= 0.6 is 23.1 Å². The molecule has 1 aromatic rings. The van der Waals surface area contributed by atoms with Crippen LogP contribution in [0.5, 0.6) is 0 Å². The minimum Gasteiger partial charge on any atom is -0.374 e. The largest absolute Gasteiger partial charge is 0.374 e. The second-order valence-corrected chi connectivity index (χ2v) is 8.28. The molecular weight excluding hydrogens is 292 g/mol. The summed E-state index contributed by atoms with van der Waals surface area (Å²) in [6, 6.07) is -0.00803. The van der Waals surface area contributed by atoms with Crippen LogP contribution in [0.1, 0.15) is 25.7 Å². The Balaban J connectivity index is 2.04. The first-order valence-corrected chi connectivity index (χ1v) is 9.24. The van der Waals surface area contributed by atoms with Crippen molar-refractivity contribution in [2.45, 2.75) is 41.3 Å². The van der Waals surface area contributed by atoms with Crippen molar-refractivity contribution in [1.82, 2.24) is 14.9 Å². The fourth-order valence-corrected chi connectivity index (χ4v) is 4.98. The van der Waals surface area contributed by atoms with Crippen molar-refractivity contribution in [3.63, 3.8) is 0 Å². The predicted octanol–water partition coefficient (Wildman–Crippen LogP) is 1.07. The van der Waals surface area contributed by atoms with Crippen LogP contribution in [0.3, 0.4) is 0 Å². The number of nitrogens with two attached hydrogens (primary N) is 1. The molecule has 102 valence electrons. The average Bonchev–Trinajstić information content (AvgIpc) is 2.76. The first-order valence-electron chi connectivity index (χ1n) is 5.65. The van der Waals surface area contributed by atoms with Gasteiger partial charge in [-0.1, -0.05) is 17.8 Å². The number of hydrogen-bond acceptors (Lipinski definition) is 7. The highest BCUT2D eigenvalue weighted by Crippen LogP contribution is 2.28. The summed E-state index contributed by atoms with van der Waals surface area (Å²) in [5.41, 5.74) is 5.40. The van der Waals surface area contributed by atoms with Gasteiger partial charge in [0.05, 0.1) is 0 Å². The molecule has 1 aromatic heterocycles. The maximum Gasteiger partial charge on any atom is 0.270 e. The van der Waals surface area contributed by atoms with Crippen molar-refractivity contribution in [2.75, 3.05) is 12.0 Å². The minimum atomic E-state index is -3.57. The number of thioether (sulfide) groups is 1. The smallest absolute Gasteiger partial charge is 0.270 e. The van der Waals surface area contributed by atoms with E-state index in [4.69, 9.17) is 5.73 Å². The van der Waals surface area contributed by atoms with Gasteiger partial charge in [-0.2, -0.15) is 11.8 Å². The molecule has 6 nitrogen and oxygen atoms in total. The van der Waals surface area contributed by atoms with Gasteiger partial charge in [0.25, 0.3) is 10.0 Å². The van der Waals surface area contributed by atoms with Crippen molar-refractivity contribution >= 4 is 38.3 Å². The molecule has 0 bridgehead atoms. The van der Waals surface area contributed by atoms with Gasteiger partial charge in [0.15, 0.2) is 0 Å². The zero-order valence-electron chi connectivity index (χ0n) is 10.00. The molecule has 0 spiro atoms. The monoisotopic (exact) mass is 308 g/mol. The minimum absolute atomic E-state index is 0.00803. The van der Waals surface area contributed by atoms with E-state index in [9.17, 15) is 8.42 Å². The van der Waals surface area contributed by atoms with Gasteiger partial charge < -0.3 is 5.73 Å². The Morgan fingerprint density at radius 2 is 2.22 bits per heavy atom. The molecule has 2 atom stereocenters. The second kappa shape index (κ2) is 5.72. The molecule has 1 heterocycles. The van der Waals surface area contributed by atoms with Gasteiger partial charge in [0.2, 0.25) is 9.47 Å². The number of anilines is 1. The summed E-state index contributed by atoms with van der Waals surface area (Å²) >= 11 is 2.68. The topological polar surface area (TPSA) is 98.0 Å². The van der Waals surface area contributed by atoms with E-state index in [1.54, 1.807) is 11.8 Å². The highest BCUT2D eigenvalue weighted by Gasteiger charge is 2.28. The number of nitrogens with one attached hydrogen (secondary N) is 1. The maximum absolute atomic E-state index is 12.0. The number of nitrogen functional groups attached to an aromatic ring is 1. The SMILES string of the molecule is CSC1CCCC(NS(=O)(=O)c2nnc(N)s2)C1. The molecule has 2 rings (SSSR count). The molecule has 18 heavy (non-hydrogen) atoms. The number of nitrogens with zero attached hydrogens (tertiary/aromatic N) is 2. The molecule has 1 aliphatic rings. The van der Waals surface area contributed by atoms with E-state index in [0.717, 1.165) is 37.0 Å². The van der Waals surface area contributed by atoms with Crippen molar-refractivity contribution in [1.29, 1.82) is 0 Å². The summed E-state index contributed by atoms with van der Waals surface area (Å²) in [4.78, 5) is 0. The Morgan fingerprint density at radius 1 is 1.44 bits per heavy atom. The van der Waals surface area contributed by atoms with Crippen LogP contribution < -0.4 is 10.5 Å². The van der Waals surface area contributed by atoms with E-state index in [2.05, 4.69) is 21.2 Å². The average molecular weight is 308 g/mol. The first-order chi connectivity index (χ1) is 8.51. The number of sulfonamides is 1. The lowest BCUT2D eigenvalue weighted by molar-refractivity contribution is 0.420. The Labute approximate surface area is 115 Å². The van der Waals surface area contributed by atoms with Crippen molar-refractivity contribution in [3.8, 4) is 0 Å². The summed E-state index contributed by atoms with van der Waals surface area (Å²) in [5.74, 6) is 0. The Kier molecular flexibility index (Phi) is 4.46. The van der Waals surface area contributed by atoms with Crippen LogP contribution in [0.25, 0.3) is 0 Å². The number of rotatable bonds is 4. The second-order valence-electron chi connectivity index (χ2n) is 4.25. The van der Waals surface area contributed by atoms with Gasteiger partial charge in [-0.3, -0.25) is 0 Å². The lowest BCUT2D eigenvalue weighted by Gasteiger charge is -2.27. The van der Waals surface area contributed by atoms with Crippen molar-refractivity contribution in [2.24, 2.45) is 0 Å². The van der Waals surface area contributed by atoms with E-state index in [0.29, 0.717) is 5.25 Å². The van der Waals surface area contributed by atoms with E-state index in [1.807, 2.05) is 0 Å². The van der Waals surface area contributed by atoms with Gasteiger partial charge in [0, 0.05) is 11.3 Å². The molecule has 9 heteroatoms. The normalized spacial score (nSPS) is 25.2. The van der Waals surface area contributed by atoms with Crippen LogP contribution in [0.15, 0.2) is 4.34 Å². The van der Waals surface area contributed by atoms with Crippen LogP contribution in [-0.2, 0) is 10.0 Å². The van der Waals surface area contributed by atoms with Gasteiger partial charge in [-0.05, 0) is 25.5 Å². The van der Waals surface area contributed by atoms with E-state index in [1.165, 1.54) is 0 Å². The van der Waals surface area contributed by atoms with E-state index in [-0.39, 0.29) is 15.5 Å². The third-order valence-electron chi connectivity index (χ3n) is 2.93. The third kappa shape index (κ3) is 3.34. The molecule has 1 fully saturated rings. The highest BCUT2D eigenvalue weighted by molar-refractivity contribution is 7.99. The molecule has 0 amide bonds. The first kappa shape index (κ1) is 14.0. The highest BCUT2D eigenvalue weighted by atomic mass is 32.2. The molecule has 3 N–H and O–H groups in total. The quantitative estimate of drug-likeness (QED) is 0.863. The summed E-state index contributed by atoms with van der Waals surface area (Å²) in [7, 11) is -3.57. The van der Waals surface area contributed by atoms with Gasteiger partial charge in [0.1, 0.15) is 0 Å². The van der Waals surface area contributed by atoms with Gasteiger partial charge >= 0.3 is 0 Å². The molecular formula is C9H16N4O2S3. The maximum atomic E-state index is 12.0. The van der Waals surface area contributed by atoms with Crippen LogP contribution in [0, 0.1) is 0 Å². The Morgan fingerprint density at radius 3 is 2.83 bits per heavy atom. The summed E-state index contributed by atoms with van der Waals surface area (Å²) < 4.78 is 26.7. The van der Waals surface area contributed by atoms with E-state index < -0.39 is 10.0 Å². The van der Waals surface area contributed by atoms with Gasteiger partial charge in [-0.15, -0.1) is 10.2 Å². The molecule has 0 aromatic carbocycles. The third-order valence-corrected chi connectivity index (χ3v) is 6.67. The summed E-state index contributed by atoms with van der Waals surface area (Å²) in [5, 5.41) is 7.81. The summed E-state index contributed by atoms with van der Waals surface area (Å²) in [6.45, 7) is 0. The number of aromatic nitrogens is 2. The summed E-state index contributed by atoms with van der Waals surface area (Å²) in [6.07, 6.45) is 6.02. The Bertz CT molecular complexity index is 502. The van der Waals surface area contributed by atoms with Crippen LogP contribution in [0.4, 0.5) is 5.13 Å².